The topological polar surface area (TPSA) is 108 Å². The average molecular weight is 417 g/mol. The first-order chi connectivity index (χ1) is 13.8. The van der Waals surface area contributed by atoms with E-state index >= 15 is 0 Å². The van der Waals surface area contributed by atoms with Crippen molar-refractivity contribution in [3.05, 3.63) is 50.4 Å². The molecule has 3 aromatic rings. The first kappa shape index (κ1) is 20.3. The van der Waals surface area contributed by atoms with E-state index in [9.17, 15) is 14.4 Å². The second-order valence-electron chi connectivity index (χ2n) is 6.04. The van der Waals surface area contributed by atoms with Gasteiger partial charge in [0.2, 0.25) is 0 Å². The monoisotopic (exact) mass is 417 g/mol. The minimum atomic E-state index is -0.711. The summed E-state index contributed by atoms with van der Waals surface area (Å²) in [6.45, 7) is 3.66. The molecule has 0 aliphatic carbocycles. The molecule has 1 N–H and O–H groups in total. The van der Waals surface area contributed by atoms with E-state index in [1.54, 1.807) is 6.92 Å². The van der Waals surface area contributed by atoms with Gasteiger partial charge in [-0.05, 0) is 13.8 Å². The number of nitrogens with one attached hydrogen (secondary N) is 1. The third-order valence-electron chi connectivity index (χ3n) is 4.44. The highest BCUT2D eigenvalue weighted by Crippen LogP contribution is 2.34. The van der Waals surface area contributed by atoms with Crippen LogP contribution >= 0.6 is 11.3 Å². The first-order valence-electron chi connectivity index (χ1n) is 8.45. The highest BCUT2D eigenvalue weighted by Gasteiger charge is 2.22. The number of nitrogens with zero attached hydrogens (tertiary/aromatic N) is 2. The Balaban J connectivity index is 2.08. The smallest absolute Gasteiger partial charge is 0.340 e. The largest absolute Gasteiger partial charge is 0.493 e. The van der Waals surface area contributed by atoms with E-state index in [0.29, 0.717) is 16.5 Å². The fourth-order valence-electron chi connectivity index (χ4n) is 2.78. The highest BCUT2D eigenvalue weighted by molar-refractivity contribution is 7.17. The number of aromatic nitrogens is 2. The van der Waals surface area contributed by atoms with E-state index < -0.39 is 17.4 Å². The van der Waals surface area contributed by atoms with Crippen LogP contribution in [0.15, 0.2) is 23.1 Å². The van der Waals surface area contributed by atoms with Crippen molar-refractivity contribution < 1.29 is 23.8 Å². The van der Waals surface area contributed by atoms with Crippen molar-refractivity contribution in [2.45, 2.75) is 13.8 Å². The third kappa shape index (κ3) is 3.54. The van der Waals surface area contributed by atoms with E-state index in [1.807, 2.05) is 6.92 Å². The van der Waals surface area contributed by atoms with Gasteiger partial charge in [-0.1, -0.05) is 0 Å². The van der Waals surface area contributed by atoms with Gasteiger partial charge >= 0.3 is 5.97 Å². The molecule has 152 valence electrons. The molecule has 9 nitrogen and oxygen atoms in total. The molecule has 0 saturated heterocycles. The van der Waals surface area contributed by atoms with Crippen molar-refractivity contribution in [3.8, 4) is 11.5 Å². The quantitative estimate of drug-likeness (QED) is 0.635. The minimum Gasteiger partial charge on any atom is -0.493 e. The predicted octanol–water partition coefficient (Wildman–Crippen LogP) is 2.43. The van der Waals surface area contributed by atoms with Crippen molar-refractivity contribution in [3.63, 3.8) is 0 Å². The van der Waals surface area contributed by atoms with Crippen LogP contribution in [0.3, 0.4) is 0 Å². The fraction of sp³-hybridized carbons (Fsp3) is 0.263. The summed E-state index contributed by atoms with van der Waals surface area (Å²) in [7, 11) is 4.06. The Labute approximate surface area is 169 Å². The van der Waals surface area contributed by atoms with Gasteiger partial charge in [-0.2, -0.15) is 0 Å². The van der Waals surface area contributed by atoms with Gasteiger partial charge in [0.1, 0.15) is 5.56 Å². The Morgan fingerprint density at radius 3 is 2.34 bits per heavy atom. The maximum Gasteiger partial charge on any atom is 0.340 e. The number of hydrogen-bond donors (Lipinski definition) is 1. The van der Waals surface area contributed by atoms with Crippen LogP contribution < -0.4 is 20.3 Å². The summed E-state index contributed by atoms with van der Waals surface area (Å²) in [4.78, 5) is 43.5. The molecule has 1 aromatic carbocycles. The van der Waals surface area contributed by atoms with Crippen molar-refractivity contribution in [2.75, 3.05) is 26.6 Å². The van der Waals surface area contributed by atoms with Gasteiger partial charge in [0.15, 0.2) is 16.5 Å². The molecule has 0 bridgehead atoms. The highest BCUT2D eigenvalue weighted by atomic mass is 32.1. The lowest BCUT2D eigenvalue weighted by molar-refractivity contribution is 0.0601. The zero-order valence-electron chi connectivity index (χ0n) is 16.5. The number of fused-ring (bicyclic) bond motifs is 1. The Morgan fingerprint density at radius 1 is 1.07 bits per heavy atom. The molecular weight excluding hydrogens is 398 g/mol. The maximum absolute atomic E-state index is 12.8. The molecule has 3 rings (SSSR count). The summed E-state index contributed by atoms with van der Waals surface area (Å²) in [5, 5.41) is 2.57. The van der Waals surface area contributed by atoms with Crippen LogP contribution in [-0.4, -0.2) is 42.6 Å². The fourth-order valence-corrected chi connectivity index (χ4v) is 3.71. The van der Waals surface area contributed by atoms with Gasteiger partial charge in [-0.3, -0.25) is 14.0 Å². The van der Waals surface area contributed by atoms with Crippen molar-refractivity contribution in [1.29, 1.82) is 0 Å². The molecule has 0 aliphatic rings. The lowest BCUT2D eigenvalue weighted by Gasteiger charge is -2.14. The van der Waals surface area contributed by atoms with Gasteiger partial charge in [0.25, 0.3) is 11.5 Å². The number of carbonyl (C=O) groups is 2. The molecule has 0 saturated carbocycles. The molecule has 0 fully saturated rings. The van der Waals surface area contributed by atoms with Crippen LogP contribution in [0.1, 0.15) is 31.3 Å². The standard InChI is InChI=1S/C19H19N3O6S/c1-9-10(2)29-19-20-8-12(17(24)22(9)19)16(23)21-13-7-15(27-4)14(26-3)6-11(13)18(25)28-5/h6-8H,1-5H3,(H,21,23). The van der Waals surface area contributed by atoms with E-state index in [4.69, 9.17) is 14.2 Å². The van der Waals surface area contributed by atoms with E-state index in [-0.39, 0.29) is 16.8 Å². The Morgan fingerprint density at radius 2 is 1.72 bits per heavy atom. The van der Waals surface area contributed by atoms with E-state index in [2.05, 4.69) is 10.3 Å². The number of ether oxygens (including phenoxy) is 3. The average Bonchev–Trinajstić information content (AvgIpc) is 3.01. The van der Waals surface area contributed by atoms with Gasteiger partial charge in [0.05, 0.1) is 32.6 Å². The number of aryl methyl sites for hydroxylation is 2. The number of thiazole rings is 1. The second kappa shape index (κ2) is 7.92. The summed E-state index contributed by atoms with van der Waals surface area (Å²) in [5.74, 6) is -0.808. The van der Waals surface area contributed by atoms with Crippen LogP contribution in [0.5, 0.6) is 11.5 Å². The van der Waals surface area contributed by atoms with Crippen molar-refractivity contribution >= 4 is 33.9 Å². The normalized spacial score (nSPS) is 10.7. The SMILES string of the molecule is COC(=O)c1cc(OC)c(OC)cc1NC(=O)c1cnc2sc(C)c(C)n2c1=O. The van der Waals surface area contributed by atoms with Crippen LogP contribution in [0.2, 0.25) is 0 Å². The molecule has 0 spiro atoms. The Kier molecular flexibility index (Phi) is 5.55. The first-order valence-corrected chi connectivity index (χ1v) is 9.27. The molecule has 1 amide bonds. The number of esters is 1. The summed E-state index contributed by atoms with van der Waals surface area (Å²) in [6.07, 6.45) is 1.22. The number of anilines is 1. The van der Waals surface area contributed by atoms with E-state index in [0.717, 1.165) is 10.6 Å². The number of rotatable bonds is 5. The van der Waals surface area contributed by atoms with Crippen LogP contribution in [0.4, 0.5) is 5.69 Å². The lowest BCUT2D eigenvalue weighted by Crippen LogP contribution is -2.27. The van der Waals surface area contributed by atoms with Crippen LogP contribution in [-0.2, 0) is 4.74 Å². The summed E-state index contributed by atoms with van der Waals surface area (Å²) in [5.41, 5.74) is 0.236. The number of carbonyl (C=O) groups excluding carboxylic acids is 2. The molecule has 0 aliphatic heterocycles. The lowest BCUT2D eigenvalue weighted by atomic mass is 10.1. The van der Waals surface area contributed by atoms with Crippen molar-refractivity contribution in [1.82, 2.24) is 9.38 Å². The van der Waals surface area contributed by atoms with Crippen LogP contribution in [0.25, 0.3) is 4.96 Å². The molecule has 0 radical (unpaired) electrons. The molecular formula is C19H19N3O6S. The van der Waals surface area contributed by atoms with E-state index in [1.165, 1.54) is 55.4 Å². The maximum atomic E-state index is 12.8. The van der Waals surface area contributed by atoms with Gasteiger partial charge in [0, 0.05) is 28.9 Å². The van der Waals surface area contributed by atoms with Gasteiger partial charge in [-0.15, -0.1) is 11.3 Å². The second-order valence-corrected chi connectivity index (χ2v) is 7.22. The van der Waals surface area contributed by atoms with Crippen LogP contribution in [0, 0.1) is 13.8 Å². The number of amides is 1. The summed E-state index contributed by atoms with van der Waals surface area (Å²) >= 11 is 1.36. The molecule has 0 atom stereocenters. The number of methoxy groups -OCH3 is 3. The molecule has 10 heteroatoms. The number of hydrogen-bond acceptors (Lipinski definition) is 8. The minimum absolute atomic E-state index is 0.0511. The number of benzene rings is 1. The third-order valence-corrected chi connectivity index (χ3v) is 5.51. The molecule has 2 heterocycles. The zero-order valence-corrected chi connectivity index (χ0v) is 17.3. The Bertz CT molecular complexity index is 1180. The predicted molar refractivity (Wildman–Crippen MR) is 108 cm³/mol. The van der Waals surface area contributed by atoms with Gasteiger partial charge in [-0.25, -0.2) is 9.78 Å². The molecule has 2 aromatic heterocycles. The Hall–Kier alpha value is -3.40. The molecule has 29 heavy (non-hydrogen) atoms. The summed E-state index contributed by atoms with van der Waals surface area (Å²) in [6, 6.07) is 2.81. The van der Waals surface area contributed by atoms with Crippen molar-refractivity contribution in [2.24, 2.45) is 0 Å². The zero-order chi connectivity index (χ0) is 21.3. The van der Waals surface area contributed by atoms with Gasteiger partial charge < -0.3 is 19.5 Å². The summed E-state index contributed by atoms with van der Waals surface area (Å²) < 4.78 is 16.6. The molecule has 0 unspecified atom stereocenters.